The van der Waals surface area contributed by atoms with Gasteiger partial charge in [-0.25, -0.2) is 4.39 Å². The van der Waals surface area contributed by atoms with Crippen LogP contribution in [0.15, 0.2) is 42.5 Å². The lowest BCUT2D eigenvalue weighted by atomic mass is 9.83. The van der Waals surface area contributed by atoms with Crippen LogP contribution < -0.4 is 15.0 Å². The Morgan fingerprint density at radius 1 is 1.21 bits per heavy atom. The lowest BCUT2D eigenvalue weighted by molar-refractivity contribution is -0.126. The van der Waals surface area contributed by atoms with Gasteiger partial charge in [0.1, 0.15) is 11.6 Å². The van der Waals surface area contributed by atoms with Gasteiger partial charge >= 0.3 is 0 Å². The van der Waals surface area contributed by atoms with Gasteiger partial charge in [0.2, 0.25) is 5.91 Å². The molecular weight excluding hydrogens is 369 g/mol. The molecule has 0 aliphatic carbocycles. The average molecular weight is 397 g/mol. The molecule has 154 valence electrons. The summed E-state index contributed by atoms with van der Waals surface area (Å²) >= 11 is 0. The van der Waals surface area contributed by atoms with Crippen molar-refractivity contribution >= 4 is 11.6 Å². The molecule has 0 bridgehead atoms. The van der Waals surface area contributed by atoms with E-state index >= 15 is 0 Å². The fraction of sp³-hybridized carbons (Fsp3) is 0.435. The third kappa shape index (κ3) is 4.08. The summed E-state index contributed by atoms with van der Waals surface area (Å²) < 4.78 is 18.7. The Morgan fingerprint density at radius 2 is 2.00 bits per heavy atom. The van der Waals surface area contributed by atoms with Crippen molar-refractivity contribution in [3.63, 3.8) is 0 Å². The Hall–Kier alpha value is -2.60. The Balaban J connectivity index is 1.59. The van der Waals surface area contributed by atoms with E-state index in [0.29, 0.717) is 6.54 Å². The van der Waals surface area contributed by atoms with Crippen molar-refractivity contribution in [2.75, 3.05) is 38.2 Å². The number of nitrogens with zero attached hydrogens (tertiary/aromatic N) is 2. The number of piperazine rings is 1. The highest BCUT2D eigenvalue weighted by atomic mass is 19.1. The molecule has 0 unspecified atom stereocenters. The van der Waals surface area contributed by atoms with E-state index in [2.05, 4.69) is 27.2 Å². The number of carbonyl (C=O) groups excluding carboxylic acids is 1. The van der Waals surface area contributed by atoms with E-state index in [1.54, 1.807) is 7.11 Å². The van der Waals surface area contributed by atoms with Crippen LogP contribution in [0.5, 0.6) is 5.75 Å². The van der Waals surface area contributed by atoms with Gasteiger partial charge in [-0.05, 0) is 42.7 Å². The van der Waals surface area contributed by atoms with Crippen molar-refractivity contribution in [2.45, 2.75) is 25.9 Å². The number of fused-ring (bicyclic) bond motifs is 3. The van der Waals surface area contributed by atoms with E-state index in [-0.39, 0.29) is 23.7 Å². The molecule has 0 aromatic heterocycles. The van der Waals surface area contributed by atoms with Gasteiger partial charge in [0.15, 0.2) is 0 Å². The number of amides is 1. The fourth-order valence-corrected chi connectivity index (χ4v) is 4.56. The molecular formula is C23H28FN3O2. The Kier molecular flexibility index (Phi) is 5.72. The zero-order valence-corrected chi connectivity index (χ0v) is 17.0. The lowest BCUT2D eigenvalue weighted by Crippen LogP contribution is -2.60. The Bertz CT molecular complexity index is 871. The molecule has 0 radical (unpaired) electrons. The summed E-state index contributed by atoms with van der Waals surface area (Å²) in [6.45, 7) is 5.90. The smallest absolute Gasteiger partial charge is 0.225 e. The van der Waals surface area contributed by atoms with Gasteiger partial charge in [0, 0.05) is 44.5 Å². The molecule has 2 heterocycles. The minimum Gasteiger partial charge on any atom is -0.497 e. The molecule has 1 fully saturated rings. The molecule has 2 atom stereocenters. The molecule has 2 aromatic rings. The van der Waals surface area contributed by atoms with E-state index in [1.165, 1.54) is 23.4 Å². The van der Waals surface area contributed by atoms with Crippen LogP contribution in [0.4, 0.5) is 10.1 Å². The monoisotopic (exact) mass is 397 g/mol. The number of hydrogen-bond donors (Lipinski definition) is 1. The minimum absolute atomic E-state index is 0.0909. The maximum atomic E-state index is 13.2. The number of halogens is 1. The molecule has 0 spiro atoms. The highest BCUT2D eigenvalue weighted by Gasteiger charge is 2.41. The molecule has 2 aliphatic heterocycles. The maximum Gasteiger partial charge on any atom is 0.225 e. The van der Waals surface area contributed by atoms with E-state index in [0.717, 1.165) is 43.9 Å². The third-order valence-electron chi connectivity index (χ3n) is 6.02. The summed E-state index contributed by atoms with van der Waals surface area (Å²) in [4.78, 5) is 17.6. The quantitative estimate of drug-likeness (QED) is 0.843. The first-order valence-electron chi connectivity index (χ1n) is 10.3. The van der Waals surface area contributed by atoms with Crippen LogP contribution in [0.3, 0.4) is 0 Å². The first-order chi connectivity index (χ1) is 14.1. The molecule has 1 saturated heterocycles. The van der Waals surface area contributed by atoms with Crippen LogP contribution >= 0.6 is 0 Å². The molecule has 1 N–H and O–H groups in total. The van der Waals surface area contributed by atoms with Gasteiger partial charge in [-0.1, -0.05) is 18.2 Å². The molecule has 4 rings (SSSR count). The van der Waals surface area contributed by atoms with Crippen LogP contribution in [0.2, 0.25) is 0 Å². The van der Waals surface area contributed by atoms with Gasteiger partial charge < -0.3 is 15.0 Å². The van der Waals surface area contributed by atoms with Crippen molar-refractivity contribution in [3.8, 4) is 5.75 Å². The van der Waals surface area contributed by atoms with Crippen LogP contribution in [-0.2, 0) is 17.8 Å². The standard InChI is InChI=1S/C23H28FN3O2/c1-3-25-23(28)20-12-17-6-9-19(29-2)13-21(17)27-11-10-26(15-22(20)27)14-16-4-7-18(24)8-5-16/h4-9,13,20,22H,3,10-12,14-15H2,1-2H3,(H,25,28)/t20-,22-/m0/s1. The number of nitrogens with one attached hydrogen (secondary N) is 1. The summed E-state index contributed by atoms with van der Waals surface area (Å²) in [7, 11) is 1.68. The van der Waals surface area contributed by atoms with Gasteiger partial charge in [-0.15, -0.1) is 0 Å². The molecule has 5 nitrogen and oxygen atoms in total. The second-order valence-electron chi connectivity index (χ2n) is 7.82. The molecule has 0 saturated carbocycles. The second kappa shape index (κ2) is 8.41. The number of rotatable bonds is 5. The summed E-state index contributed by atoms with van der Waals surface area (Å²) in [5.74, 6) is 0.653. The number of benzene rings is 2. The average Bonchev–Trinajstić information content (AvgIpc) is 2.74. The topological polar surface area (TPSA) is 44.8 Å². The SMILES string of the molecule is CCNC(=O)[C@H]1Cc2ccc(OC)cc2N2CCN(Cc3ccc(F)cc3)C[C@@H]12. The summed E-state index contributed by atoms with van der Waals surface area (Å²) in [5, 5.41) is 3.02. The first-order valence-corrected chi connectivity index (χ1v) is 10.3. The van der Waals surface area contributed by atoms with Crippen molar-refractivity contribution in [1.82, 2.24) is 10.2 Å². The normalized spacial score (nSPS) is 21.3. The largest absolute Gasteiger partial charge is 0.497 e. The molecule has 2 aliphatic rings. The zero-order valence-electron chi connectivity index (χ0n) is 17.0. The van der Waals surface area contributed by atoms with E-state index < -0.39 is 0 Å². The molecule has 2 aromatic carbocycles. The lowest BCUT2D eigenvalue weighted by Gasteiger charge is -2.49. The first kappa shape index (κ1) is 19.7. The second-order valence-corrected chi connectivity index (χ2v) is 7.82. The molecule has 1 amide bonds. The highest BCUT2D eigenvalue weighted by Crippen LogP contribution is 2.38. The predicted molar refractivity (Wildman–Crippen MR) is 112 cm³/mol. The van der Waals surface area contributed by atoms with Crippen molar-refractivity contribution in [1.29, 1.82) is 0 Å². The van der Waals surface area contributed by atoms with Gasteiger partial charge in [-0.3, -0.25) is 9.69 Å². The third-order valence-corrected chi connectivity index (χ3v) is 6.02. The van der Waals surface area contributed by atoms with E-state index in [4.69, 9.17) is 4.74 Å². The Labute approximate surface area is 171 Å². The number of methoxy groups -OCH3 is 1. The number of hydrogen-bond acceptors (Lipinski definition) is 4. The van der Waals surface area contributed by atoms with Crippen LogP contribution in [-0.4, -0.2) is 50.1 Å². The highest BCUT2D eigenvalue weighted by molar-refractivity contribution is 5.82. The minimum atomic E-state index is -0.215. The van der Waals surface area contributed by atoms with Crippen molar-refractivity contribution < 1.29 is 13.9 Å². The number of carbonyl (C=O) groups is 1. The van der Waals surface area contributed by atoms with Crippen LogP contribution in [0, 0.1) is 11.7 Å². The van der Waals surface area contributed by atoms with Crippen LogP contribution in [0.1, 0.15) is 18.1 Å². The Morgan fingerprint density at radius 3 is 2.72 bits per heavy atom. The van der Waals surface area contributed by atoms with E-state index in [1.807, 2.05) is 25.1 Å². The fourth-order valence-electron chi connectivity index (χ4n) is 4.56. The van der Waals surface area contributed by atoms with Gasteiger partial charge in [-0.2, -0.15) is 0 Å². The predicted octanol–water partition coefficient (Wildman–Crippen LogP) is 2.83. The number of ether oxygens (including phenoxy) is 1. The zero-order chi connectivity index (χ0) is 20.4. The maximum absolute atomic E-state index is 13.2. The molecule has 29 heavy (non-hydrogen) atoms. The van der Waals surface area contributed by atoms with Crippen molar-refractivity contribution in [3.05, 3.63) is 59.4 Å². The summed E-state index contributed by atoms with van der Waals surface area (Å²) in [6.07, 6.45) is 0.733. The van der Waals surface area contributed by atoms with Crippen molar-refractivity contribution in [2.24, 2.45) is 5.92 Å². The van der Waals surface area contributed by atoms with Gasteiger partial charge in [0.25, 0.3) is 0 Å². The molecule has 6 heteroatoms. The van der Waals surface area contributed by atoms with Gasteiger partial charge in [0.05, 0.1) is 19.1 Å². The van der Waals surface area contributed by atoms with Crippen LogP contribution in [0.25, 0.3) is 0 Å². The summed E-state index contributed by atoms with van der Waals surface area (Å²) in [6, 6.07) is 12.9. The summed E-state index contributed by atoms with van der Waals surface area (Å²) in [5.41, 5.74) is 3.47. The number of anilines is 1. The van der Waals surface area contributed by atoms with E-state index in [9.17, 15) is 9.18 Å².